The number of carbonyl (C=O) groups is 2. The van der Waals surface area contributed by atoms with Crippen LogP contribution >= 0.6 is 0 Å². The summed E-state index contributed by atoms with van der Waals surface area (Å²) in [6.07, 6.45) is 6.08. The average Bonchev–Trinajstić information content (AvgIpc) is 3.02. The summed E-state index contributed by atoms with van der Waals surface area (Å²) in [7, 11) is 0. The molecule has 2 aliphatic heterocycles. The number of aromatic nitrogens is 3. The maximum Gasteiger partial charge on any atom is 0.277 e. The molecule has 25 heavy (non-hydrogen) atoms. The Balaban J connectivity index is 1.57. The third-order valence-corrected chi connectivity index (χ3v) is 5.84. The zero-order valence-corrected chi connectivity index (χ0v) is 14.7. The molecular formula is C17H26N6O2. The van der Waals surface area contributed by atoms with E-state index in [1.807, 2.05) is 11.6 Å². The summed E-state index contributed by atoms with van der Waals surface area (Å²) in [6.45, 7) is 3.96. The predicted octanol–water partition coefficient (Wildman–Crippen LogP) is 0.394. The van der Waals surface area contributed by atoms with Gasteiger partial charge in [-0.3, -0.25) is 9.59 Å². The van der Waals surface area contributed by atoms with Gasteiger partial charge in [0.2, 0.25) is 5.91 Å². The van der Waals surface area contributed by atoms with Crippen molar-refractivity contribution in [2.75, 3.05) is 19.6 Å². The van der Waals surface area contributed by atoms with Gasteiger partial charge in [-0.25, -0.2) is 4.68 Å². The molecule has 2 amide bonds. The number of hydrogen-bond acceptors (Lipinski definition) is 5. The monoisotopic (exact) mass is 346 g/mol. The molecule has 0 radical (unpaired) electrons. The minimum absolute atomic E-state index is 0.0695. The highest BCUT2D eigenvalue weighted by Gasteiger charge is 2.40. The van der Waals surface area contributed by atoms with Gasteiger partial charge in [-0.1, -0.05) is 18.1 Å². The van der Waals surface area contributed by atoms with E-state index in [0.717, 1.165) is 57.3 Å². The number of hydrogen-bond donors (Lipinski definition) is 2. The molecule has 3 aliphatic rings. The molecule has 136 valence electrons. The van der Waals surface area contributed by atoms with Crippen molar-refractivity contribution in [3.63, 3.8) is 0 Å². The maximum absolute atomic E-state index is 13.1. The van der Waals surface area contributed by atoms with E-state index >= 15 is 0 Å². The normalized spacial score (nSPS) is 27.7. The maximum atomic E-state index is 13.1. The minimum Gasteiger partial charge on any atom is -0.350 e. The van der Waals surface area contributed by atoms with Gasteiger partial charge in [0.05, 0.1) is 17.8 Å². The van der Waals surface area contributed by atoms with E-state index in [-0.39, 0.29) is 30.4 Å². The fourth-order valence-electron chi connectivity index (χ4n) is 4.47. The zero-order valence-electron chi connectivity index (χ0n) is 14.7. The first kappa shape index (κ1) is 16.5. The van der Waals surface area contributed by atoms with Crippen molar-refractivity contribution < 1.29 is 9.59 Å². The molecule has 2 saturated heterocycles. The van der Waals surface area contributed by atoms with E-state index in [1.54, 1.807) is 4.90 Å². The van der Waals surface area contributed by atoms with Gasteiger partial charge < -0.3 is 15.5 Å². The SMILES string of the molecule is Cc1c(C(=O)N2CC(=O)N[C@H]3CCCC[C@H]32)nnn1C1CCNCC1. The highest BCUT2D eigenvalue weighted by molar-refractivity contribution is 5.96. The first-order valence-corrected chi connectivity index (χ1v) is 9.38. The molecule has 1 aromatic rings. The largest absolute Gasteiger partial charge is 0.350 e. The highest BCUT2D eigenvalue weighted by Crippen LogP contribution is 2.28. The van der Waals surface area contributed by atoms with E-state index in [9.17, 15) is 9.59 Å². The molecule has 0 bridgehead atoms. The smallest absolute Gasteiger partial charge is 0.277 e. The molecule has 0 unspecified atom stereocenters. The fraction of sp³-hybridized carbons (Fsp3) is 0.765. The van der Waals surface area contributed by atoms with Gasteiger partial charge in [0.25, 0.3) is 5.91 Å². The predicted molar refractivity (Wildman–Crippen MR) is 91.1 cm³/mol. The van der Waals surface area contributed by atoms with Gasteiger partial charge in [0.1, 0.15) is 6.54 Å². The van der Waals surface area contributed by atoms with Crippen LogP contribution in [0.3, 0.4) is 0 Å². The van der Waals surface area contributed by atoms with Gasteiger partial charge in [0, 0.05) is 6.04 Å². The summed E-state index contributed by atoms with van der Waals surface area (Å²) in [5.41, 5.74) is 1.22. The van der Waals surface area contributed by atoms with Crippen molar-refractivity contribution in [1.82, 2.24) is 30.5 Å². The lowest BCUT2D eigenvalue weighted by atomic mass is 9.87. The average molecular weight is 346 g/mol. The Kier molecular flexibility index (Phi) is 4.45. The van der Waals surface area contributed by atoms with Crippen LogP contribution in [-0.4, -0.2) is 63.4 Å². The van der Waals surface area contributed by atoms with E-state index in [1.165, 1.54) is 0 Å². The number of carbonyl (C=O) groups excluding carboxylic acids is 2. The molecule has 8 heteroatoms. The van der Waals surface area contributed by atoms with Crippen LogP contribution < -0.4 is 10.6 Å². The molecule has 0 spiro atoms. The molecular weight excluding hydrogens is 320 g/mol. The van der Waals surface area contributed by atoms with E-state index in [0.29, 0.717) is 11.7 Å². The number of piperidine rings is 1. The third kappa shape index (κ3) is 3.03. The summed E-state index contributed by atoms with van der Waals surface area (Å²) in [6, 6.07) is 0.462. The Morgan fingerprint density at radius 2 is 1.92 bits per heavy atom. The molecule has 3 fully saturated rings. The quantitative estimate of drug-likeness (QED) is 0.808. The third-order valence-electron chi connectivity index (χ3n) is 5.84. The van der Waals surface area contributed by atoms with Gasteiger partial charge in [-0.15, -0.1) is 5.10 Å². The molecule has 1 saturated carbocycles. The number of nitrogens with one attached hydrogen (secondary N) is 2. The lowest BCUT2D eigenvalue weighted by Crippen LogP contribution is -2.63. The summed E-state index contributed by atoms with van der Waals surface area (Å²) in [5.74, 6) is -0.218. The lowest BCUT2D eigenvalue weighted by molar-refractivity contribution is -0.127. The molecule has 2 atom stereocenters. The molecule has 3 heterocycles. The summed E-state index contributed by atoms with van der Waals surface area (Å²) < 4.78 is 1.90. The second-order valence-electron chi connectivity index (χ2n) is 7.41. The van der Waals surface area contributed by atoms with Gasteiger partial charge in [-0.05, 0) is 45.7 Å². The Labute approximate surface area is 147 Å². The van der Waals surface area contributed by atoms with Crippen LogP contribution in [0.5, 0.6) is 0 Å². The topological polar surface area (TPSA) is 92.2 Å². The van der Waals surface area contributed by atoms with Crippen molar-refractivity contribution in [2.45, 2.75) is 63.6 Å². The van der Waals surface area contributed by atoms with Gasteiger partial charge in [-0.2, -0.15) is 0 Å². The van der Waals surface area contributed by atoms with Crippen LogP contribution in [0.15, 0.2) is 0 Å². The second kappa shape index (κ2) is 6.74. The Bertz CT molecular complexity index is 666. The van der Waals surface area contributed by atoms with Crippen molar-refractivity contribution >= 4 is 11.8 Å². The van der Waals surface area contributed by atoms with Crippen molar-refractivity contribution in [3.8, 4) is 0 Å². The first-order valence-electron chi connectivity index (χ1n) is 9.38. The Hall–Kier alpha value is -1.96. The minimum atomic E-state index is -0.149. The number of rotatable bonds is 2. The number of fused-ring (bicyclic) bond motifs is 1. The Morgan fingerprint density at radius 1 is 1.16 bits per heavy atom. The molecule has 4 rings (SSSR count). The lowest BCUT2D eigenvalue weighted by Gasteiger charge is -2.43. The summed E-state index contributed by atoms with van der Waals surface area (Å²) >= 11 is 0. The van der Waals surface area contributed by atoms with Crippen molar-refractivity contribution in [1.29, 1.82) is 0 Å². The van der Waals surface area contributed by atoms with Crippen LogP contribution in [0.1, 0.15) is 60.7 Å². The fourth-order valence-corrected chi connectivity index (χ4v) is 4.47. The van der Waals surface area contributed by atoms with Crippen molar-refractivity contribution in [3.05, 3.63) is 11.4 Å². The highest BCUT2D eigenvalue weighted by atomic mass is 16.2. The zero-order chi connectivity index (χ0) is 17.4. The standard InChI is InChI=1S/C17H26N6O2/c1-11-16(20-21-23(11)12-6-8-18-9-7-12)17(25)22-10-15(24)19-13-4-2-3-5-14(13)22/h12-14,18H,2-10H2,1H3,(H,19,24)/t13-,14+/m0/s1. The molecule has 1 aromatic heterocycles. The molecule has 0 aromatic carbocycles. The van der Waals surface area contributed by atoms with Crippen molar-refractivity contribution in [2.24, 2.45) is 0 Å². The van der Waals surface area contributed by atoms with E-state index in [4.69, 9.17) is 0 Å². The van der Waals surface area contributed by atoms with Crippen LogP contribution in [-0.2, 0) is 4.79 Å². The van der Waals surface area contributed by atoms with E-state index < -0.39 is 0 Å². The van der Waals surface area contributed by atoms with Gasteiger partial charge >= 0.3 is 0 Å². The van der Waals surface area contributed by atoms with E-state index in [2.05, 4.69) is 20.9 Å². The van der Waals surface area contributed by atoms with Gasteiger partial charge in [0.15, 0.2) is 5.69 Å². The molecule has 8 nitrogen and oxygen atoms in total. The molecule has 2 N–H and O–H groups in total. The summed E-state index contributed by atoms with van der Waals surface area (Å²) in [4.78, 5) is 26.9. The van der Waals surface area contributed by atoms with Crippen LogP contribution in [0.25, 0.3) is 0 Å². The second-order valence-corrected chi connectivity index (χ2v) is 7.41. The number of amides is 2. The Morgan fingerprint density at radius 3 is 2.72 bits per heavy atom. The molecule has 1 aliphatic carbocycles. The number of nitrogens with zero attached hydrogens (tertiary/aromatic N) is 4. The summed E-state index contributed by atoms with van der Waals surface area (Å²) in [5, 5.41) is 14.9. The van der Waals surface area contributed by atoms with Crippen LogP contribution in [0.4, 0.5) is 0 Å². The number of piperazine rings is 1. The van der Waals surface area contributed by atoms with Crippen LogP contribution in [0.2, 0.25) is 0 Å². The first-order chi connectivity index (χ1) is 12.1. The van der Waals surface area contributed by atoms with Crippen LogP contribution in [0, 0.1) is 6.92 Å².